The molecule has 0 bridgehead atoms. The van der Waals surface area contributed by atoms with E-state index < -0.39 is 0 Å². The van der Waals surface area contributed by atoms with E-state index in [1.165, 1.54) is 19.3 Å². The summed E-state index contributed by atoms with van der Waals surface area (Å²) in [5.74, 6) is 0.437. The molecule has 0 aromatic rings. The SMILES string of the molecule is C=CCCCCCCC(Cl)C(Cl)CCl. The summed E-state index contributed by atoms with van der Waals surface area (Å²) in [6, 6.07) is 0. The Bertz CT molecular complexity index is 136. The molecule has 0 saturated heterocycles. The highest BCUT2D eigenvalue weighted by Crippen LogP contribution is 2.18. The Labute approximate surface area is 103 Å². The number of allylic oxidation sites excluding steroid dienone is 1. The molecule has 0 spiro atoms. The van der Waals surface area contributed by atoms with E-state index in [0.29, 0.717) is 5.88 Å². The second kappa shape index (κ2) is 10.1. The van der Waals surface area contributed by atoms with Gasteiger partial charge in [0.1, 0.15) is 0 Å². The molecule has 0 heterocycles. The smallest absolute Gasteiger partial charge is 0.0634 e. The highest BCUT2D eigenvalue weighted by atomic mass is 35.5. The Morgan fingerprint density at radius 3 is 2.21 bits per heavy atom. The molecule has 14 heavy (non-hydrogen) atoms. The number of hydrogen-bond donors (Lipinski definition) is 0. The van der Waals surface area contributed by atoms with Gasteiger partial charge in [-0.3, -0.25) is 0 Å². The van der Waals surface area contributed by atoms with Crippen molar-refractivity contribution in [3.63, 3.8) is 0 Å². The summed E-state index contributed by atoms with van der Waals surface area (Å²) >= 11 is 17.5. The minimum atomic E-state index is -0.0912. The van der Waals surface area contributed by atoms with Crippen molar-refractivity contribution in [3.05, 3.63) is 12.7 Å². The lowest BCUT2D eigenvalue weighted by molar-refractivity contribution is 0.599. The van der Waals surface area contributed by atoms with Crippen molar-refractivity contribution in [2.45, 2.75) is 49.3 Å². The first kappa shape index (κ1) is 14.6. The average molecular weight is 258 g/mol. The minimum absolute atomic E-state index is 0.0218. The molecule has 0 radical (unpaired) electrons. The summed E-state index contributed by atoms with van der Waals surface area (Å²) in [4.78, 5) is 0. The van der Waals surface area contributed by atoms with Crippen LogP contribution in [-0.4, -0.2) is 16.6 Å². The van der Waals surface area contributed by atoms with Gasteiger partial charge >= 0.3 is 0 Å². The largest absolute Gasteiger partial charge is 0.125 e. The topological polar surface area (TPSA) is 0 Å². The maximum atomic E-state index is 6.04. The maximum absolute atomic E-state index is 6.04. The van der Waals surface area contributed by atoms with Crippen LogP contribution in [0.1, 0.15) is 38.5 Å². The number of rotatable bonds is 9. The van der Waals surface area contributed by atoms with Gasteiger partial charge in [0.05, 0.1) is 10.8 Å². The van der Waals surface area contributed by atoms with Crippen LogP contribution in [0, 0.1) is 0 Å². The van der Waals surface area contributed by atoms with Gasteiger partial charge in [0.25, 0.3) is 0 Å². The van der Waals surface area contributed by atoms with E-state index in [2.05, 4.69) is 6.58 Å². The fraction of sp³-hybridized carbons (Fsp3) is 0.818. The third kappa shape index (κ3) is 7.96. The molecule has 0 nitrogen and oxygen atoms in total. The monoisotopic (exact) mass is 256 g/mol. The van der Waals surface area contributed by atoms with Gasteiger partial charge in [0, 0.05) is 5.88 Å². The van der Waals surface area contributed by atoms with Crippen molar-refractivity contribution in [2.75, 3.05) is 5.88 Å². The molecule has 2 unspecified atom stereocenters. The van der Waals surface area contributed by atoms with Gasteiger partial charge in [-0.15, -0.1) is 41.4 Å². The minimum Gasteiger partial charge on any atom is -0.125 e. The van der Waals surface area contributed by atoms with Crippen molar-refractivity contribution in [2.24, 2.45) is 0 Å². The predicted octanol–water partition coefficient (Wildman–Crippen LogP) is 4.97. The summed E-state index contributed by atoms with van der Waals surface area (Å²) in [5, 5.41) is -0.0694. The van der Waals surface area contributed by atoms with Crippen LogP contribution < -0.4 is 0 Å². The molecular formula is C11H19Cl3. The van der Waals surface area contributed by atoms with Crippen molar-refractivity contribution >= 4 is 34.8 Å². The second-order valence-electron chi connectivity index (χ2n) is 3.47. The zero-order valence-corrected chi connectivity index (χ0v) is 10.8. The Hall–Kier alpha value is 0.610. The van der Waals surface area contributed by atoms with Gasteiger partial charge in [-0.05, 0) is 19.3 Å². The van der Waals surface area contributed by atoms with Crippen LogP contribution >= 0.6 is 34.8 Å². The van der Waals surface area contributed by atoms with Crippen LogP contribution in [0.3, 0.4) is 0 Å². The standard InChI is InChI=1S/C11H19Cl3/c1-2-3-4-5-6-7-8-10(13)11(14)9-12/h2,10-11H,1,3-9H2. The average Bonchev–Trinajstić information content (AvgIpc) is 2.21. The summed E-state index contributed by atoms with van der Waals surface area (Å²) < 4.78 is 0. The molecule has 0 fully saturated rings. The predicted molar refractivity (Wildman–Crippen MR) is 67.9 cm³/mol. The Morgan fingerprint density at radius 1 is 1.00 bits per heavy atom. The zero-order valence-electron chi connectivity index (χ0n) is 8.52. The molecule has 84 valence electrons. The first-order valence-corrected chi connectivity index (χ1v) is 6.58. The van der Waals surface area contributed by atoms with E-state index in [1.807, 2.05) is 6.08 Å². The Kier molecular flexibility index (Phi) is 10.6. The third-order valence-corrected chi connectivity index (χ3v) is 3.78. The lowest BCUT2D eigenvalue weighted by atomic mass is 10.1. The van der Waals surface area contributed by atoms with Crippen molar-refractivity contribution in [1.29, 1.82) is 0 Å². The molecule has 0 N–H and O–H groups in total. The van der Waals surface area contributed by atoms with Crippen molar-refractivity contribution in [3.8, 4) is 0 Å². The van der Waals surface area contributed by atoms with Gasteiger partial charge in [0.15, 0.2) is 0 Å². The fourth-order valence-electron chi connectivity index (χ4n) is 1.26. The van der Waals surface area contributed by atoms with Crippen molar-refractivity contribution < 1.29 is 0 Å². The van der Waals surface area contributed by atoms with E-state index in [9.17, 15) is 0 Å². The van der Waals surface area contributed by atoms with Crippen LogP contribution in [-0.2, 0) is 0 Å². The number of alkyl halides is 3. The molecule has 3 heteroatoms. The molecule has 2 atom stereocenters. The van der Waals surface area contributed by atoms with Gasteiger partial charge < -0.3 is 0 Å². The van der Waals surface area contributed by atoms with Crippen LogP contribution in [0.4, 0.5) is 0 Å². The van der Waals surface area contributed by atoms with Gasteiger partial charge in [-0.25, -0.2) is 0 Å². The molecule has 0 aliphatic rings. The second-order valence-corrected chi connectivity index (χ2v) is 4.90. The zero-order chi connectivity index (χ0) is 10.8. The summed E-state index contributed by atoms with van der Waals surface area (Å²) in [7, 11) is 0. The van der Waals surface area contributed by atoms with E-state index in [0.717, 1.165) is 19.3 Å². The lowest BCUT2D eigenvalue weighted by Gasteiger charge is -2.12. The molecule has 0 saturated carbocycles. The number of unbranched alkanes of at least 4 members (excludes halogenated alkanes) is 4. The number of halogens is 3. The van der Waals surface area contributed by atoms with E-state index >= 15 is 0 Å². The van der Waals surface area contributed by atoms with Gasteiger partial charge in [-0.1, -0.05) is 25.3 Å². The molecule has 0 aromatic heterocycles. The first-order valence-electron chi connectivity index (χ1n) is 5.17. The van der Waals surface area contributed by atoms with E-state index in [4.69, 9.17) is 34.8 Å². The summed E-state index contributed by atoms with van der Waals surface area (Å²) in [6.07, 6.45) is 8.90. The molecule has 0 rings (SSSR count). The lowest BCUT2D eigenvalue weighted by Crippen LogP contribution is -2.16. The first-order chi connectivity index (χ1) is 6.72. The number of hydrogen-bond acceptors (Lipinski definition) is 0. The Balaban J connectivity index is 3.22. The molecule has 0 amide bonds. The van der Waals surface area contributed by atoms with Gasteiger partial charge in [-0.2, -0.15) is 0 Å². The Morgan fingerprint density at radius 2 is 1.64 bits per heavy atom. The maximum Gasteiger partial charge on any atom is 0.0634 e. The van der Waals surface area contributed by atoms with Crippen LogP contribution in [0.5, 0.6) is 0 Å². The highest BCUT2D eigenvalue weighted by Gasteiger charge is 2.14. The molecule has 0 aliphatic heterocycles. The highest BCUT2D eigenvalue weighted by molar-refractivity contribution is 6.33. The normalized spacial score (nSPS) is 15.1. The molecular weight excluding hydrogens is 238 g/mol. The van der Waals surface area contributed by atoms with Crippen molar-refractivity contribution in [1.82, 2.24) is 0 Å². The van der Waals surface area contributed by atoms with E-state index in [1.54, 1.807) is 0 Å². The van der Waals surface area contributed by atoms with Crippen LogP contribution in [0.2, 0.25) is 0 Å². The van der Waals surface area contributed by atoms with E-state index in [-0.39, 0.29) is 10.8 Å². The molecule has 0 aromatic carbocycles. The van der Waals surface area contributed by atoms with Gasteiger partial charge in [0.2, 0.25) is 0 Å². The quantitative estimate of drug-likeness (QED) is 0.311. The molecule has 0 aliphatic carbocycles. The third-order valence-electron chi connectivity index (χ3n) is 2.18. The summed E-state index contributed by atoms with van der Waals surface area (Å²) in [5.41, 5.74) is 0. The fourth-order valence-corrected chi connectivity index (χ4v) is 1.93. The van der Waals surface area contributed by atoms with Crippen LogP contribution in [0.25, 0.3) is 0 Å². The summed E-state index contributed by atoms with van der Waals surface area (Å²) in [6.45, 7) is 3.69. The van der Waals surface area contributed by atoms with Crippen LogP contribution in [0.15, 0.2) is 12.7 Å².